The molecule has 0 radical (unpaired) electrons. The van der Waals surface area contributed by atoms with E-state index in [1.165, 1.54) is 18.2 Å². The first kappa shape index (κ1) is 23.5. The molecule has 8 rings (SSSR count). The summed E-state index contributed by atoms with van der Waals surface area (Å²) < 4.78 is 1.60. The molecule has 0 unspecified atom stereocenters. The Bertz CT molecular complexity index is 1910. The quantitative estimate of drug-likeness (QED) is 0.210. The Balaban J connectivity index is 1.41. The van der Waals surface area contributed by atoms with Crippen molar-refractivity contribution in [1.82, 2.24) is 14.5 Å². The van der Waals surface area contributed by atoms with Crippen molar-refractivity contribution in [2.45, 2.75) is 24.4 Å². The molecule has 5 heterocycles. The van der Waals surface area contributed by atoms with Crippen molar-refractivity contribution < 1.29 is 14.5 Å². The largest absolute Gasteiger partial charge is 0.289 e. The normalized spacial score (nSPS) is 26.4. The Kier molecular flexibility index (Phi) is 4.60. The number of imide groups is 1. The number of fused-ring (bicyclic) bond motifs is 11. The topological polar surface area (TPSA) is 119 Å². The molecule has 0 aliphatic carbocycles. The maximum absolute atomic E-state index is 14.5. The molecule has 1 aromatic heterocycles. The van der Waals surface area contributed by atoms with Crippen LogP contribution < -0.4 is 10.5 Å². The summed E-state index contributed by atoms with van der Waals surface area (Å²) in [5.41, 5.74) is 0.275. The SMILES string of the molecule is O=C1[C@H]2[C@@H]3CCCN3[C@]3(c4ccccc4-n4c3nc3ccccc3c4=O)[C@H]2C(=O)N1c1ccc(Cl)c([N+](=O)[O-])c1. The molecular weight excluding hydrogens is 534 g/mol. The van der Waals surface area contributed by atoms with Crippen molar-refractivity contribution >= 4 is 45.7 Å². The van der Waals surface area contributed by atoms with Crippen molar-refractivity contribution in [2.24, 2.45) is 11.8 Å². The molecule has 3 aromatic carbocycles. The third-order valence-corrected chi connectivity index (χ3v) is 9.34. The number of amides is 2. The van der Waals surface area contributed by atoms with Crippen LogP contribution in [0.15, 0.2) is 71.5 Å². The van der Waals surface area contributed by atoms with Crippen LogP contribution in [0, 0.1) is 22.0 Å². The highest BCUT2D eigenvalue weighted by atomic mass is 35.5. The number of halogens is 1. The Morgan fingerprint density at radius 3 is 2.60 bits per heavy atom. The lowest BCUT2D eigenvalue weighted by atomic mass is 9.75. The van der Waals surface area contributed by atoms with E-state index in [4.69, 9.17) is 16.6 Å². The van der Waals surface area contributed by atoms with Crippen molar-refractivity contribution in [3.63, 3.8) is 0 Å². The van der Waals surface area contributed by atoms with Gasteiger partial charge in [-0.25, -0.2) is 9.88 Å². The summed E-state index contributed by atoms with van der Waals surface area (Å²) in [6.45, 7) is 0.641. The number of nitrogens with zero attached hydrogens (tertiary/aromatic N) is 5. The summed E-state index contributed by atoms with van der Waals surface area (Å²) in [4.78, 5) is 61.8. The number of anilines is 1. The average molecular weight is 554 g/mol. The molecule has 11 heteroatoms. The molecule has 40 heavy (non-hydrogen) atoms. The summed E-state index contributed by atoms with van der Waals surface area (Å²) in [6, 6.07) is 18.3. The number of carbonyl (C=O) groups is 2. The van der Waals surface area contributed by atoms with E-state index in [2.05, 4.69) is 4.90 Å². The van der Waals surface area contributed by atoms with Gasteiger partial charge in [0.2, 0.25) is 11.8 Å². The Morgan fingerprint density at radius 2 is 1.77 bits per heavy atom. The van der Waals surface area contributed by atoms with Crippen LogP contribution in [0.1, 0.15) is 24.2 Å². The van der Waals surface area contributed by atoms with Crippen LogP contribution in [0.2, 0.25) is 5.02 Å². The minimum Gasteiger partial charge on any atom is -0.283 e. The van der Waals surface area contributed by atoms with Crippen molar-refractivity contribution in [3.05, 3.63) is 104 Å². The first-order valence-corrected chi connectivity index (χ1v) is 13.4. The van der Waals surface area contributed by atoms with Crippen molar-refractivity contribution in [3.8, 4) is 5.69 Å². The predicted molar refractivity (Wildman–Crippen MR) is 145 cm³/mol. The van der Waals surface area contributed by atoms with E-state index in [0.717, 1.165) is 16.9 Å². The maximum Gasteiger partial charge on any atom is 0.289 e. The number of aromatic nitrogens is 2. The molecule has 2 amide bonds. The predicted octanol–water partition coefficient (Wildman–Crippen LogP) is 3.79. The molecule has 0 bridgehead atoms. The number of nitro groups is 1. The second-order valence-corrected chi connectivity index (χ2v) is 11.1. The van der Waals surface area contributed by atoms with Crippen LogP contribution >= 0.6 is 11.6 Å². The number of nitro benzene ring substituents is 1. The molecule has 4 aromatic rings. The van der Waals surface area contributed by atoms with Gasteiger partial charge in [-0.15, -0.1) is 0 Å². The highest BCUT2D eigenvalue weighted by molar-refractivity contribution is 6.33. The molecule has 1 spiro atoms. The van der Waals surface area contributed by atoms with Gasteiger partial charge in [0, 0.05) is 17.7 Å². The van der Waals surface area contributed by atoms with E-state index in [9.17, 15) is 24.5 Å². The third kappa shape index (κ3) is 2.62. The van der Waals surface area contributed by atoms with Crippen LogP contribution in [-0.2, 0) is 15.1 Å². The lowest BCUT2D eigenvalue weighted by molar-refractivity contribution is -0.384. The smallest absolute Gasteiger partial charge is 0.283 e. The Morgan fingerprint density at radius 1 is 1.00 bits per heavy atom. The number of carbonyl (C=O) groups excluding carboxylic acids is 2. The summed E-state index contributed by atoms with van der Waals surface area (Å²) >= 11 is 6.04. The zero-order valence-electron chi connectivity index (χ0n) is 20.9. The fourth-order valence-corrected chi connectivity index (χ4v) is 7.83. The number of rotatable bonds is 2. The Labute approximate surface area is 231 Å². The minimum absolute atomic E-state index is 0.0828. The number of hydrogen-bond acceptors (Lipinski definition) is 7. The zero-order chi connectivity index (χ0) is 27.5. The van der Waals surface area contributed by atoms with Crippen LogP contribution in [-0.4, -0.2) is 43.8 Å². The molecule has 0 N–H and O–H groups in total. The van der Waals surface area contributed by atoms with Crippen molar-refractivity contribution in [1.29, 1.82) is 0 Å². The fraction of sp³-hybridized carbons (Fsp3) is 0.241. The summed E-state index contributed by atoms with van der Waals surface area (Å²) in [5, 5.41) is 12.0. The van der Waals surface area contributed by atoms with Crippen molar-refractivity contribution in [2.75, 3.05) is 11.4 Å². The van der Waals surface area contributed by atoms with Gasteiger partial charge in [-0.2, -0.15) is 0 Å². The van der Waals surface area contributed by atoms with Crippen LogP contribution in [0.5, 0.6) is 0 Å². The Hall–Kier alpha value is -4.41. The van der Waals surface area contributed by atoms with Gasteiger partial charge in [0.25, 0.3) is 11.2 Å². The minimum atomic E-state index is -1.15. The average Bonchev–Trinajstić information content (AvgIpc) is 3.66. The van der Waals surface area contributed by atoms with Crippen LogP contribution in [0.3, 0.4) is 0 Å². The molecule has 4 aliphatic heterocycles. The third-order valence-electron chi connectivity index (χ3n) is 9.02. The summed E-state index contributed by atoms with van der Waals surface area (Å²) in [5.74, 6) is -2.01. The summed E-state index contributed by atoms with van der Waals surface area (Å²) in [7, 11) is 0. The molecule has 4 aliphatic rings. The van der Waals surface area contributed by atoms with E-state index < -0.39 is 34.1 Å². The molecule has 4 atom stereocenters. The number of para-hydroxylation sites is 2. The molecule has 0 saturated carbocycles. The molecule has 10 nitrogen and oxygen atoms in total. The monoisotopic (exact) mass is 553 g/mol. The maximum atomic E-state index is 14.5. The van der Waals surface area contributed by atoms with Gasteiger partial charge in [0.05, 0.1) is 39.0 Å². The highest BCUT2D eigenvalue weighted by Gasteiger charge is 2.73. The van der Waals surface area contributed by atoms with E-state index >= 15 is 0 Å². The first-order chi connectivity index (χ1) is 19.4. The second-order valence-electron chi connectivity index (χ2n) is 10.7. The van der Waals surface area contributed by atoms with Gasteiger partial charge in [-0.3, -0.25) is 34.0 Å². The molecule has 3 fully saturated rings. The van der Waals surface area contributed by atoms with E-state index in [-0.39, 0.29) is 28.0 Å². The fourth-order valence-electron chi connectivity index (χ4n) is 7.65. The first-order valence-electron chi connectivity index (χ1n) is 13.1. The zero-order valence-corrected chi connectivity index (χ0v) is 21.6. The van der Waals surface area contributed by atoms with Crippen LogP contribution in [0.25, 0.3) is 16.6 Å². The van der Waals surface area contributed by atoms with Gasteiger partial charge in [0.15, 0.2) is 0 Å². The van der Waals surface area contributed by atoms with Gasteiger partial charge >= 0.3 is 0 Å². The molecule has 198 valence electrons. The van der Waals surface area contributed by atoms with E-state index in [0.29, 0.717) is 35.4 Å². The van der Waals surface area contributed by atoms with E-state index in [1.54, 1.807) is 22.8 Å². The van der Waals surface area contributed by atoms with Gasteiger partial charge < -0.3 is 0 Å². The number of benzene rings is 3. The van der Waals surface area contributed by atoms with Gasteiger partial charge in [-0.05, 0) is 49.7 Å². The summed E-state index contributed by atoms with van der Waals surface area (Å²) in [6.07, 6.45) is 1.53. The lowest BCUT2D eigenvalue weighted by Gasteiger charge is -2.38. The van der Waals surface area contributed by atoms with Gasteiger partial charge in [0.1, 0.15) is 16.4 Å². The molecular formula is C29H20ClN5O5. The van der Waals surface area contributed by atoms with E-state index in [1.807, 2.05) is 30.3 Å². The van der Waals surface area contributed by atoms with Gasteiger partial charge in [-0.1, -0.05) is 41.9 Å². The second kappa shape index (κ2) is 7.83. The standard InChI is InChI=1S/C29H20ClN5O5/c30-18-12-11-15(14-22(18)35(39)40)33-26(37)23-21-10-5-13-32(21)29(24(23)27(33)38)17-7-2-4-9-20(17)34-25(36)16-6-1-3-8-19(16)31-28(29)34/h1-4,6-9,11-12,14,21,23-24H,5,10,13H2/t21-,23-,24+,29+/m0/s1. The highest BCUT2D eigenvalue weighted by Crippen LogP contribution is 2.62. The van der Waals surface area contributed by atoms with Crippen LogP contribution in [0.4, 0.5) is 11.4 Å². The number of hydrogen-bond donors (Lipinski definition) is 0. The molecule has 3 saturated heterocycles. The lowest BCUT2D eigenvalue weighted by Crippen LogP contribution is -2.51.